The van der Waals surface area contributed by atoms with Gasteiger partial charge in [-0.1, -0.05) is 17.7 Å². The van der Waals surface area contributed by atoms with Crippen LogP contribution in [0.3, 0.4) is 0 Å². The Bertz CT molecular complexity index is 851. The van der Waals surface area contributed by atoms with Gasteiger partial charge in [-0.25, -0.2) is 9.82 Å². The Hall–Kier alpha value is -2.60. The fourth-order valence-corrected chi connectivity index (χ4v) is 3.11. The largest absolute Gasteiger partial charge is 0.484 e. The maximum atomic E-state index is 14.4. The van der Waals surface area contributed by atoms with Gasteiger partial charge in [-0.3, -0.25) is 4.79 Å². The van der Waals surface area contributed by atoms with Crippen LogP contribution in [0.15, 0.2) is 41.5 Å². The molecule has 0 spiro atoms. The summed E-state index contributed by atoms with van der Waals surface area (Å²) in [6.07, 6.45) is 3.61. The quantitative estimate of drug-likeness (QED) is 0.602. The molecule has 1 saturated heterocycles. The number of halogens is 2. The van der Waals surface area contributed by atoms with Crippen LogP contribution < -0.4 is 15.1 Å². The molecule has 3 rings (SSSR count). The van der Waals surface area contributed by atoms with Crippen LogP contribution >= 0.6 is 11.6 Å². The summed E-state index contributed by atoms with van der Waals surface area (Å²) in [6, 6.07) is 10.0. The van der Waals surface area contributed by atoms with Crippen LogP contribution in [0.4, 0.5) is 10.1 Å². The van der Waals surface area contributed by atoms with Gasteiger partial charge in [0, 0.05) is 23.7 Å². The lowest BCUT2D eigenvalue weighted by atomic mass is 10.1. The second-order valence-corrected chi connectivity index (χ2v) is 6.83. The Labute approximate surface area is 162 Å². The van der Waals surface area contributed by atoms with Crippen LogP contribution in [0.5, 0.6) is 5.75 Å². The number of benzene rings is 2. The Balaban J connectivity index is 1.55. The fraction of sp³-hybridized carbons (Fsp3) is 0.300. The zero-order chi connectivity index (χ0) is 19.2. The Morgan fingerprint density at radius 1 is 1.33 bits per heavy atom. The molecule has 5 nitrogen and oxygen atoms in total. The molecular formula is C20H21ClFN3O2. The maximum absolute atomic E-state index is 14.4. The van der Waals surface area contributed by atoms with E-state index in [1.165, 1.54) is 12.3 Å². The van der Waals surface area contributed by atoms with Crippen LogP contribution in [0, 0.1) is 12.7 Å². The van der Waals surface area contributed by atoms with Crippen molar-refractivity contribution in [1.29, 1.82) is 0 Å². The van der Waals surface area contributed by atoms with E-state index >= 15 is 0 Å². The number of aryl methyl sites for hydroxylation is 1. The third kappa shape index (κ3) is 5.20. The van der Waals surface area contributed by atoms with E-state index in [9.17, 15) is 9.18 Å². The van der Waals surface area contributed by atoms with Crippen LogP contribution in [0.2, 0.25) is 5.02 Å². The van der Waals surface area contributed by atoms with Crippen LogP contribution in [-0.2, 0) is 4.79 Å². The summed E-state index contributed by atoms with van der Waals surface area (Å²) in [5.41, 5.74) is 4.51. The fourth-order valence-electron chi connectivity index (χ4n) is 2.93. The lowest BCUT2D eigenvalue weighted by Gasteiger charge is -2.19. The molecule has 0 saturated carbocycles. The second-order valence-electron chi connectivity index (χ2n) is 6.39. The molecule has 1 aliphatic rings. The number of nitrogens with zero attached hydrogens (tertiary/aromatic N) is 2. The minimum atomic E-state index is -0.418. The number of anilines is 1. The van der Waals surface area contributed by atoms with Gasteiger partial charge in [-0.15, -0.1) is 0 Å². The van der Waals surface area contributed by atoms with Crippen molar-refractivity contribution in [3.63, 3.8) is 0 Å². The number of hydrogen-bond acceptors (Lipinski definition) is 4. The molecule has 0 bridgehead atoms. The van der Waals surface area contributed by atoms with Crippen LogP contribution in [0.25, 0.3) is 0 Å². The van der Waals surface area contributed by atoms with Gasteiger partial charge in [0.1, 0.15) is 11.6 Å². The number of carbonyl (C=O) groups excluding carboxylic acids is 1. The third-order valence-corrected chi connectivity index (χ3v) is 4.58. The normalized spacial score (nSPS) is 14.0. The first-order chi connectivity index (χ1) is 13.0. The monoisotopic (exact) mass is 389 g/mol. The zero-order valence-electron chi connectivity index (χ0n) is 15.0. The van der Waals surface area contributed by atoms with E-state index in [-0.39, 0.29) is 12.4 Å². The summed E-state index contributed by atoms with van der Waals surface area (Å²) in [6.45, 7) is 3.46. The van der Waals surface area contributed by atoms with Crippen LogP contribution in [0.1, 0.15) is 24.0 Å². The van der Waals surface area contributed by atoms with Crippen molar-refractivity contribution in [2.75, 3.05) is 24.6 Å². The van der Waals surface area contributed by atoms with E-state index in [1.54, 1.807) is 24.3 Å². The predicted molar refractivity (Wildman–Crippen MR) is 105 cm³/mol. The van der Waals surface area contributed by atoms with E-state index < -0.39 is 5.91 Å². The van der Waals surface area contributed by atoms with Crippen molar-refractivity contribution in [2.24, 2.45) is 5.10 Å². The number of hydrazone groups is 1. The molecule has 1 heterocycles. The maximum Gasteiger partial charge on any atom is 0.277 e. The molecule has 142 valence electrons. The average Bonchev–Trinajstić information content (AvgIpc) is 3.17. The van der Waals surface area contributed by atoms with Gasteiger partial charge in [0.2, 0.25) is 0 Å². The van der Waals surface area contributed by atoms with E-state index in [0.717, 1.165) is 31.5 Å². The minimum absolute atomic E-state index is 0.196. The topological polar surface area (TPSA) is 53.9 Å². The van der Waals surface area contributed by atoms with Crippen molar-refractivity contribution in [3.05, 3.63) is 58.4 Å². The van der Waals surface area contributed by atoms with Crippen molar-refractivity contribution in [2.45, 2.75) is 19.8 Å². The molecule has 0 unspecified atom stereocenters. The van der Waals surface area contributed by atoms with E-state index in [0.29, 0.717) is 22.0 Å². The molecule has 27 heavy (non-hydrogen) atoms. The lowest BCUT2D eigenvalue weighted by molar-refractivity contribution is -0.123. The Kier molecular flexibility index (Phi) is 6.29. The molecule has 2 aromatic rings. The summed E-state index contributed by atoms with van der Waals surface area (Å²) >= 11 is 5.85. The lowest BCUT2D eigenvalue weighted by Crippen LogP contribution is -2.24. The molecule has 1 fully saturated rings. The SMILES string of the molecule is Cc1cc(N2CCCC2)c(F)cc1/C=N/NC(=O)COc1cccc(Cl)c1. The summed E-state index contributed by atoms with van der Waals surface area (Å²) in [5.74, 6) is -0.199. The number of nitrogens with one attached hydrogen (secondary N) is 1. The van der Waals surface area contributed by atoms with E-state index in [4.69, 9.17) is 16.3 Å². The van der Waals surface area contributed by atoms with Gasteiger partial charge in [0.25, 0.3) is 5.91 Å². The second kappa shape index (κ2) is 8.86. The Morgan fingerprint density at radius 2 is 2.11 bits per heavy atom. The zero-order valence-corrected chi connectivity index (χ0v) is 15.8. The molecule has 0 aromatic heterocycles. The standard InChI is InChI=1S/C20H21ClFN3O2/c1-14-9-19(25-7-2-3-8-25)18(22)10-15(14)12-23-24-20(26)13-27-17-6-4-5-16(21)11-17/h4-6,9-12H,2-3,7-8,13H2,1H3,(H,24,26)/b23-12+. The molecule has 1 aliphatic heterocycles. The molecular weight excluding hydrogens is 369 g/mol. The highest BCUT2D eigenvalue weighted by Gasteiger charge is 2.17. The summed E-state index contributed by atoms with van der Waals surface area (Å²) in [5, 5.41) is 4.42. The van der Waals surface area contributed by atoms with E-state index in [1.807, 2.05) is 13.0 Å². The summed E-state index contributed by atoms with van der Waals surface area (Å²) < 4.78 is 19.7. The highest BCUT2D eigenvalue weighted by Crippen LogP contribution is 2.26. The third-order valence-electron chi connectivity index (χ3n) is 4.34. The van der Waals surface area contributed by atoms with Gasteiger partial charge >= 0.3 is 0 Å². The molecule has 0 radical (unpaired) electrons. The molecule has 0 aliphatic carbocycles. The number of ether oxygens (including phenoxy) is 1. The van der Waals surface area contributed by atoms with Crippen molar-refractivity contribution in [3.8, 4) is 5.75 Å². The van der Waals surface area contributed by atoms with Gasteiger partial charge in [-0.2, -0.15) is 5.10 Å². The highest BCUT2D eigenvalue weighted by molar-refractivity contribution is 6.30. The number of hydrogen-bond donors (Lipinski definition) is 1. The van der Waals surface area contributed by atoms with E-state index in [2.05, 4.69) is 15.4 Å². The van der Waals surface area contributed by atoms with Gasteiger partial charge in [0.05, 0.1) is 11.9 Å². The summed E-state index contributed by atoms with van der Waals surface area (Å²) in [7, 11) is 0. The molecule has 0 atom stereocenters. The smallest absolute Gasteiger partial charge is 0.277 e. The molecule has 7 heteroatoms. The first kappa shape index (κ1) is 19.2. The van der Waals surface area contributed by atoms with Crippen molar-refractivity contribution >= 4 is 29.4 Å². The van der Waals surface area contributed by atoms with Gasteiger partial charge < -0.3 is 9.64 Å². The van der Waals surface area contributed by atoms with Gasteiger partial charge in [-0.05, 0) is 55.7 Å². The molecule has 2 aromatic carbocycles. The Morgan fingerprint density at radius 3 is 2.85 bits per heavy atom. The highest BCUT2D eigenvalue weighted by atomic mass is 35.5. The minimum Gasteiger partial charge on any atom is -0.484 e. The molecule has 1 amide bonds. The number of rotatable bonds is 6. The average molecular weight is 390 g/mol. The first-order valence-corrected chi connectivity index (χ1v) is 9.16. The predicted octanol–water partition coefficient (Wildman–Crippen LogP) is 3.92. The van der Waals surface area contributed by atoms with Crippen molar-refractivity contribution in [1.82, 2.24) is 5.43 Å². The van der Waals surface area contributed by atoms with Gasteiger partial charge in [0.15, 0.2) is 6.61 Å². The molecule has 1 N–H and O–H groups in total. The number of carbonyl (C=O) groups is 1. The number of amides is 1. The van der Waals surface area contributed by atoms with Crippen molar-refractivity contribution < 1.29 is 13.9 Å². The first-order valence-electron chi connectivity index (χ1n) is 8.78. The van der Waals surface area contributed by atoms with Crippen LogP contribution in [-0.4, -0.2) is 31.8 Å². The summed E-state index contributed by atoms with van der Waals surface area (Å²) in [4.78, 5) is 13.9.